The van der Waals surface area contributed by atoms with Crippen LogP contribution in [0.25, 0.3) is 11.0 Å². The molecule has 0 fully saturated rings. The second-order valence-corrected chi connectivity index (χ2v) is 9.51. The number of fused-ring (bicyclic) bond motifs is 1. The zero-order chi connectivity index (χ0) is 13.2. The Morgan fingerprint density at radius 2 is 2.11 bits per heavy atom. The summed E-state index contributed by atoms with van der Waals surface area (Å²) in [6.07, 6.45) is 3.44. The number of aliphatic imine (C=N–C) groups is 1. The Hall–Kier alpha value is -1.81. The van der Waals surface area contributed by atoms with Gasteiger partial charge in [-0.3, -0.25) is 0 Å². The van der Waals surface area contributed by atoms with Crippen LogP contribution in [0.3, 0.4) is 0 Å². The molecule has 0 bridgehead atoms. The van der Waals surface area contributed by atoms with Crippen molar-refractivity contribution in [3.05, 3.63) is 48.6 Å². The smallest absolute Gasteiger partial charge is 0.244 e. The van der Waals surface area contributed by atoms with Gasteiger partial charge in [-0.15, -0.1) is 0 Å². The van der Waals surface area contributed by atoms with E-state index in [1.807, 2.05) is 24.3 Å². The van der Waals surface area contributed by atoms with Gasteiger partial charge in [0.15, 0.2) is 5.88 Å². The molecular weight excluding hydrogens is 242 g/mol. The lowest BCUT2D eigenvalue weighted by atomic mass is 10.2. The van der Waals surface area contributed by atoms with E-state index in [0.29, 0.717) is 5.88 Å². The molecule has 0 radical (unpaired) electrons. The van der Waals surface area contributed by atoms with Crippen LogP contribution in [0.4, 0.5) is 0 Å². The molecular formula is C14H17NO2Si. The highest BCUT2D eigenvalue weighted by molar-refractivity contribution is 6.70. The molecule has 0 spiro atoms. The molecule has 0 saturated heterocycles. The van der Waals surface area contributed by atoms with Crippen molar-refractivity contribution in [1.82, 2.24) is 0 Å². The molecule has 1 aromatic carbocycles. The van der Waals surface area contributed by atoms with Crippen LogP contribution >= 0.6 is 0 Å². The minimum Gasteiger partial charge on any atom is -0.532 e. The Bertz CT molecular complexity index is 593. The van der Waals surface area contributed by atoms with E-state index < -0.39 is 8.32 Å². The zero-order valence-corrected chi connectivity index (χ0v) is 11.9. The molecule has 18 heavy (non-hydrogen) atoms. The quantitative estimate of drug-likeness (QED) is 0.469. The van der Waals surface area contributed by atoms with Crippen LogP contribution in [-0.4, -0.2) is 14.5 Å². The molecule has 0 aliphatic rings. The van der Waals surface area contributed by atoms with E-state index in [-0.39, 0.29) is 0 Å². The molecule has 0 unspecified atom stereocenters. The summed E-state index contributed by atoms with van der Waals surface area (Å²) in [5, 5.41) is 1.07. The van der Waals surface area contributed by atoms with Crippen molar-refractivity contribution < 1.29 is 8.84 Å². The minimum absolute atomic E-state index is 0.474. The number of rotatable bonds is 4. The van der Waals surface area contributed by atoms with E-state index in [1.54, 1.807) is 12.5 Å². The number of hydrogen-bond acceptors (Lipinski definition) is 3. The lowest BCUT2D eigenvalue weighted by Crippen LogP contribution is -2.24. The first-order valence-corrected chi connectivity index (χ1v) is 9.24. The molecule has 0 N–H and O–H groups in total. The number of furan rings is 1. The zero-order valence-electron chi connectivity index (χ0n) is 10.9. The Labute approximate surface area is 108 Å². The Morgan fingerprint density at radius 1 is 1.33 bits per heavy atom. The highest BCUT2D eigenvalue weighted by Gasteiger charge is 2.16. The van der Waals surface area contributed by atoms with E-state index in [2.05, 4.69) is 31.2 Å². The lowest BCUT2D eigenvalue weighted by molar-refractivity contribution is 0.421. The van der Waals surface area contributed by atoms with Crippen LogP contribution in [0.2, 0.25) is 19.6 Å². The SMILES string of the molecule is C=C(N=Cc1ccc2occc2c1)O[Si](C)(C)C. The van der Waals surface area contributed by atoms with Gasteiger partial charge in [-0.25, -0.2) is 4.99 Å². The Kier molecular flexibility index (Phi) is 3.38. The van der Waals surface area contributed by atoms with Crippen molar-refractivity contribution in [3.8, 4) is 0 Å². The summed E-state index contributed by atoms with van der Waals surface area (Å²) in [5.74, 6) is 0.474. The van der Waals surface area contributed by atoms with E-state index in [9.17, 15) is 0 Å². The van der Waals surface area contributed by atoms with Gasteiger partial charge in [0.1, 0.15) is 5.58 Å². The third kappa shape index (κ3) is 3.34. The molecule has 0 saturated carbocycles. The van der Waals surface area contributed by atoms with Gasteiger partial charge in [0.2, 0.25) is 8.32 Å². The van der Waals surface area contributed by atoms with Crippen molar-refractivity contribution in [2.45, 2.75) is 19.6 Å². The molecule has 4 heteroatoms. The van der Waals surface area contributed by atoms with Crippen LogP contribution in [-0.2, 0) is 4.43 Å². The molecule has 94 valence electrons. The first kappa shape index (κ1) is 12.6. The van der Waals surface area contributed by atoms with Crippen LogP contribution < -0.4 is 0 Å². The van der Waals surface area contributed by atoms with Crippen molar-refractivity contribution in [2.24, 2.45) is 4.99 Å². The van der Waals surface area contributed by atoms with E-state index in [1.165, 1.54) is 0 Å². The fraction of sp³-hybridized carbons (Fsp3) is 0.214. The van der Waals surface area contributed by atoms with E-state index >= 15 is 0 Å². The van der Waals surface area contributed by atoms with Gasteiger partial charge in [0, 0.05) is 11.6 Å². The minimum atomic E-state index is -1.62. The Balaban J connectivity index is 2.10. The summed E-state index contributed by atoms with van der Waals surface area (Å²) in [6, 6.07) is 7.83. The largest absolute Gasteiger partial charge is 0.532 e. The second kappa shape index (κ2) is 4.82. The molecule has 0 aliphatic carbocycles. The number of benzene rings is 1. The van der Waals surface area contributed by atoms with Gasteiger partial charge in [0.05, 0.1) is 6.26 Å². The topological polar surface area (TPSA) is 34.7 Å². The van der Waals surface area contributed by atoms with Crippen molar-refractivity contribution in [2.75, 3.05) is 0 Å². The van der Waals surface area contributed by atoms with Gasteiger partial charge in [-0.05, 0) is 56.0 Å². The van der Waals surface area contributed by atoms with Crippen LogP contribution in [0.5, 0.6) is 0 Å². The highest BCUT2D eigenvalue weighted by atomic mass is 28.4. The number of hydrogen-bond donors (Lipinski definition) is 0. The third-order valence-corrected chi connectivity index (χ3v) is 3.11. The second-order valence-electron chi connectivity index (χ2n) is 5.08. The van der Waals surface area contributed by atoms with Gasteiger partial charge in [0.25, 0.3) is 0 Å². The van der Waals surface area contributed by atoms with Gasteiger partial charge in [-0.1, -0.05) is 0 Å². The van der Waals surface area contributed by atoms with Crippen molar-refractivity contribution in [1.29, 1.82) is 0 Å². The van der Waals surface area contributed by atoms with E-state index in [4.69, 9.17) is 8.84 Å². The molecule has 1 heterocycles. The maximum absolute atomic E-state index is 5.66. The predicted molar refractivity (Wildman–Crippen MR) is 77.4 cm³/mol. The summed E-state index contributed by atoms with van der Waals surface area (Å²) < 4.78 is 10.9. The standard InChI is InChI=1S/C14H17NO2Si/c1-11(17-18(2,3)4)15-10-12-5-6-14-13(9-12)7-8-16-14/h5-10H,1H2,2-4H3. The highest BCUT2D eigenvalue weighted by Crippen LogP contribution is 2.16. The van der Waals surface area contributed by atoms with Gasteiger partial charge in [-0.2, -0.15) is 0 Å². The normalized spacial score (nSPS) is 12.2. The van der Waals surface area contributed by atoms with E-state index in [0.717, 1.165) is 16.5 Å². The first-order chi connectivity index (χ1) is 8.44. The molecule has 0 amide bonds. The molecule has 3 nitrogen and oxygen atoms in total. The average molecular weight is 259 g/mol. The van der Waals surface area contributed by atoms with Crippen LogP contribution in [0.15, 0.2) is 52.4 Å². The summed E-state index contributed by atoms with van der Waals surface area (Å²) in [5.41, 5.74) is 1.88. The van der Waals surface area contributed by atoms with Crippen LogP contribution in [0.1, 0.15) is 5.56 Å². The summed E-state index contributed by atoms with van der Waals surface area (Å²) >= 11 is 0. The van der Waals surface area contributed by atoms with Gasteiger partial charge >= 0.3 is 0 Å². The fourth-order valence-corrected chi connectivity index (χ4v) is 2.35. The fourth-order valence-electron chi connectivity index (χ4n) is 1.59. The summed E-state index contributed by atoms with van der Waals surface area (Å²) in [4.78, 5) is 4.23. The molecule has 1 aromatic heterocycles. The summed E-state index contributed by atoms with van der Waals surface area (Å²) in [6.45, 7) is 10.1. The molecule has 2 rings (SSSR count). The molecule has 0 aliphatic heterocycles. The maximum atomic E-state index is 5.66. The predicted octanol–water partition coefficient (Wildman–Crippen LogP) is 4.17. The van der Waals surface area contributed by atoms with Gasteiger partial charge < -0.3 is 8.84 Å². The lowest BCUT2D eigenvalue weighted by Gasteiger charge is -2.17. The van der Waals surface area contributed by atoms with Crippen LogP contribution in [0, 0.1) is 0 Å². The molecule has 2 aromatic rings. The average Bonchev–Trinajstić information content (AvgIpc) is 2.71. The van der Waals surface area contributed by atoms with Crippen molar-refractivity contribution >= 4 is 25.5 Å². The Morgan fingerprint density at radius 3 is 2.83 bits per heavy atom. The maximum Gasteiger partial charge on any atom is 0.244 e. The summed E-state index contributed by atoms with van der Waals surface area (Å²) in [7, 11) is -1.62. The first-order valence-electron chi connectivity index (χ1n) is 5.83. The third-order valence-electron chi connectivity index (χ3n) is 2.26. The van der Waals surface area contributed by atoms with Crippen molar-refractivity contribution in [3.63, 3.8) is 0 Å². The number of nitrogens with zero attached hydrogens (tertiary/aromatic N) is 1. The molecule has 0 atom stereocenters. The monoisotopic (exact) mass is 259 g/mol.